The van der Waals surface area contributed by atoms with E-state index in [1.807, 2.05) is 42.5 Å². The molecule has 2 heterocycles. The molecular formula is C20H17N3O3. The van der Waals surface area contributed by atoms with Crippen molar-refractivity contribution in [2.75, 3.05) is 24.7 Å². The summed E-state index contributed by atoms with van der Waals surface area (Å²) < 4.78 is 11.1. The number of fused-ring (bicyclic) bond motifs is 2. The first-order chi connectivity index (χ1) is 12.8. The van der Waals surface area contributed by atoms with Crippen LogP contribution in [0.1, 0.15) is 11.1 Å². The highest BCUT2D eigenvalue weighted by Gasteiger charge is 2.32. The van der Waals surface area contributed by atoms with E-state index in [1.54, 1.807) is 17.2 Å². The van der Waals surface area contributed by atoms with Crippen LogP contribution in [0.3, 0.4) is 0 Å². The van der Waals surface area contributed by atoms with E-state index in [-0.39, 0.29) is 5.91 Å². The maximum Gasteiger partial charge on any atom is 0.279 e. The summed E-state index contributed by atoms with van der Waals surface area (Å²) in [5.41, 5.74) is 2.75. The topological polar surface area (TPSA) is 63.5 Å². The fraction of sp³-hybridized carbons (Fsp3) is 0.150. The highest BCUT2D eigenvalue weighted by Crippen LogP contribution is 2.31. The molecular weight excluding hydrogens is 330 g/mol. The summed E-state index contributed by atoms with van der Waals surface area (Å²) in [6.45, 7) is 5.22. The molecule has 0 atom stereocenters. The van der Waals surface area contributed by atoms with Crippen molar-refractivity contribution in [3.05, 3.63) is 66.2 Å². The molecule has 0 fully saturated rings. The third-order valence-corrected chi connectivity index (χ3v) is 4.14. The van der Waals surface area contributed by atoms with Crippen LogP contribution in [0.25, 0.3) is 0 Å². The van der Waals surface area contributed by atoms with Gasteiger partial charge in [-0.2, -0.15) is 5.10 Å². The molecule has 0 saturated carbocycles. The molecule has 6 nitrogen and oxygen atoms in total. The standard InChI is InChI=1S/C20H17N3O3/c1-2-9-23-16-6-4-3-5-15(16)19(20(23)24)22-21-13-14-7-8-17-18(12-14)26-11-10-25-17/h2-8,12-13H,1,9-11H2/b21-13-,22-19+. The Morgan fingerprint density at radius 1 is 1.12 bits per heavy atom. The number of anilines is 1. The fourth-order valence-electron chi connectivity index (χ4n) is 2.96. The second-order valence-corrected chi connectivity index (χ2v) is 5.82. The Morgan fingerprint density at radius 3 is 2.77 bits per heavy atom. The fourth-order valence-corrected chi connectivity index (χ4v) is 2.96. The van der Waals surface area contributed by atoms with E-state index in [1.165, 1.54) is 0 Å². The maximum absolute atomic E-state index is 12.6. The lowest BCUT2D eigenvalue weighted by atomic mass is 10.1. The van der Waals surface area contributed by atoms with Crippen molar-refractivity contribution in [1.29, 1.82) is 0 Å². The van der Waals surface area contributed by atoms with E-state index in [0.29, 0.717) is 31.2 Å². The highest BCUT2D eigenvalue weighted by atomic mass is 16.6. The van der Waals surface area contributed by atoms with Gasteiger partial charge in [0.1, 0.15) is 13.2 Å². The first kappa shape index (κ1) is 16.1. The SMILES string of the molecule is C=CCN1C(=O)/C(=N/N=C\c2ccc3c(c2)OCCO3)c2ccccc21. The Hall–Kier alpha value is -3.41. The van der Waals surface area contributed by atoms with Crippen LogP contribution in [-0.2, 0) is 4.79 Å². The van der Waals surface area contributed by atoms with Gasteiger partial charge in [0.25, 0.3) is 5.91 Å². The van der Waals surface area contributed by atoms with Crippen LogP contribution < -0.4 is 14.4 Å². The van der Waals surface area contributed by atoms with Crippen molar-refractivity contribution < 1.29 is 14.3 Å². The molecule has 0 aliphatic carbocycles. The van der Waals surface area contributed by atoms with Crippen molar-refractivity contribution in [3.8, 4) is 11.5 Å². The number of hydrogen-bond acceptors (Lipinski definition) is 5. The zero-order chi connectivity index (χ0) is 17.9. The number of ether oxygens (including phenoxy) is 2. The quantitative estimate of drug-likeness (QED) is 0.485. The molecule has 0 bridgehead atoms. The Balaban J connectivity index is 1.61. The molecule has 0 unspecified atom stereocenters. The molecule has 0 N–H and O–H groups in total. The molecule has 0 spiro atoms. The van der Waals surface area contributed by atoms with Gasteiger partial charge >= 0.3 is 0 Å². The van der Waals surface area contributed by atoms with Crippen LogP contribution >= 0.6 is 0 Å². The van der Waals surface area contributed by atoms with Crippen molar-refractivity contribution >= 4 is 23.5 Å². The molecule has 26 heavy (non-hydrogen) atoms. The van der Waals surface area contributed by atoms with Gasteiger partial charge in [-0.05, 0) is 29.8 Å². The van der Waals surface area contributed by atoms with Gasteiger partial charge in [0, 0.05) is 12.1 Å². The third kappa shape index (κ3) is 2.86. The summed E-state index contributed by atoms with van der Waals surface area (Å²) in [5.74, 6) is 1.23. The minimum absolute atomic E-state index is 0.176. The largest absolute Gasteiger partial charge is 0.486 e. The van der Waals surface area contributed by atoms with E-state index in [4.69, 9.17) is 9.47 Å². The Bertz CT molecular complexity index is 934. The predicted molar refractivity (Wildman–Crippen MR) is 101 cm³/mol. The molecule has 0 radical (unpaired) electrons. The first-order valence-electron chi connectivity index (χ1n) is 8.31. The van der Waals surface area contributed by atoms with Crippen molar-refractivity contribution in [3.63, 3.8) is 0 Å². The van der Waals surface area contributed by atoms with Crippen LogP contribution in [0.5, 0.6) is 11.5 Å². The van der Waals surface area contributed by atoms with E-state index < -0.39 is 0 Å². The number of nitrogens with zero attached hydrogens (tertiary/aromatic N) is 3. The van der Waals surface area contributed by atoms with Gasteiger partial charge in [-0.3, -0.25) is 4.79 Å². The number of carbonyl (C=O) groups excluding carboxylic acids is 1. The lowest BCUT2D eigenvalue weighted by Crippen LogP contribution is -2.30. The van der Waals surface area contributed by atoms with Crippen LogP contribution in [0.2, 0.25) is 0 Å². The van der Waals surface area contributed by atoms with Gasteiger partial charge in [-0.15, -0.1) is 11.7 Å². The van der Waals surface area contributed by atoms with Crippen LogP contribution in [0.15, 0.2) is 65.3 Å². The minimum Gasteiger partial charge on any atom is -0.486 e. The van der Waals surface area contributed by atoms with Gasteiger partial charge in [0.15, 0.2) is 17.2 Å². The van der Waals surface area contributed by atoms with Crippen LogP contribution in [0, 0.1) is 0 Å². The normalized spacial score (nSPS) is 17.0. The summed E-state index contributed by atoms with van der Waals surface area (Å²) >= 11 is 0. The molecule has 0 aromatic heterocycles. The summed E-state index contributed by atoms with van der Waals surface area (Å²) in [4.78, 5) is 14.3. The minimum atomic E-state index is -0.176. The molecule has 6 heteroatoms. The Morgan fingerprint density at radius 2 is 1.92 bits per heavy atom. The number of rotatable bonds is 4. The summed E-state index contributed by atoms with van der Waals surface area (Å²) in [5, 5.41) is 8.28. The monoisotopic (exact) mass is 347 g/mol. The first-order valence-corrected chi connectivity index (χ1v) is 8.31. The van der Waals surface area contributed by atoms with E-state index in [0.717, 1.165) is 22.6 Å². The smallest absolute Gasteiger partial charge is 0.279 e. The van der Waals surface area contributed by atoms with Gasteiger partial charge in [0.05, 0.1) is 11.9 Å². The van der Waals surface area contributed by atoms with Gasteiger partial charge in [0.2, 0.25) is 0 Å². The van der Waals surface area contributed by atoms with Crippen LogP contribution in [-0.4, -0.2) is 37.6 Å². The third-order valence-electron chi connectivity index (χ3n) is 4.14. The zero-order valence-electron chi connectivity index (χ0n) is 14.1. The number of para-hydroxylation sites is 1. The molecule has 2 aliphatic rings. The number of hydrogen-bond donors (Lipinski definition) is 0. The number of carbonyl (C=O) groups is 1. The van der Waals surface area contributed by atoms with Crippen molar-refractivity contribution in [2.45, 2.75) is 0 Å². The Kier molecular flexibility index (Phi) is 4.23. The lowest BCUT2D eigenvalue weighted by Gasteiger charge is -2.18. The van der Waals surface area contributed by atoms with E-state index in [2.05, 4.69) is 16.8 Å². The summed E-state index contributed by atoms with van der Waals surface area (Å²) in [6, 6.07) is 13.1. The zero-order valence-corrected chi connectivity index (χ0v) is 14.1. The molecule has 2 aliphatic heterocycles. The molecule has 130 valence electrons. The Labute approximate surface area is 151 Å². The second-order valence-electron chi connectivity index (χ2n) is 5.82. The average molecular weight is 347 g/mol. The van der Waals surface area contributed by atoms with Crippen molar-refractivity contribution in [1.82, 2.24) is 0 Å². The summed E-state index contributed by atoms with van der Waals surface area (Å²) in [7, 11) is 0. The van der Waals surface area contributed by atoms with E-state index >= 15 is 0 Å². The molecule has 2 aromatic carbocycles. The highest BCUT2D eigenvalue weighted by molar-refractivity contribution is 6.54. The maximum atomic E-state index is 12.6. The van der Waals surface area contributed by atoms with Crippen molar-refractivity contribution in [2.24, 2.45) is 10.2 Å². The predicted octanol–water partition coefficient (Wildman–Crippen LogP) is 2.81. The molecule has 1 amide bonds. The second kappa shape index (κ2) is 6.84. The van der Waals surface area contributed by atoms with Crippen LogP contribution in [0.4, 0.5) is 5.69 Å². The number of benzene rings is 2. The van der Waals surface area contributed by atoms with Gasteiger partial charge in [-0.1, -0.05) is 24.3 Å². The van der Waals surface area contributed by atoms with Gasteiger partial charge in [-0.25, -0.2) is 0 Å². The average Bonchev–Trinajstić information content (AvgIpc) is 2.94. The molecule has 4 rings (SSSR count). The molecule has 0 saturated heterocycles. The summed E-state index contributed by atoms with van der Waals surface area (Å²) in [6.07, 6.45) is 3.29. The number of amides is 1. The molecule has 2 aromatic rings. The lowest BCUT2D eigenvalue weighted by molar-refractivity contribution is -0.112. The van der Waals surface area contributed by atoms with Gasteiger partial charge < -0.3 is 14.4 Å². The van der Waals surface area contributed by atoms with E-state index in [9.17, 15) is 4.79 Å².